The molecule has 0 spiro atoms. The van der Waals surface area contributed by atoms with Crippen LogP contribution >= 0.6 is 7.26 Å². The zero-order chi connectivity index (χ0) is 20.7. The largest absolute Gasteiger partial charge is 0.119 e. The van der Waals surface area contributed by atoms with Crippen molar-refractivity contribution in [2.75, 3.05) is 0 Å². The first-order valence-electron chi connectivity index (χ1n) is 10.4. The second kappa shape index (κ2) is 9.86. The minimum atomic E-state index is -1.89. The van der Waals surface area contributed by atoms with Crippen molar-refractivity contribution >= 4 is 23.2 Å². The monoisotopic (exact) mass is 399 g/mol. The molecule has 0 radical (unpaired) electrons. The average Bonchev–Trinajstić information content (AvgIpc) is 2.74. The molecule has 0 aliphatic carbocycles. The van der Waals surface area contributed by atoms with Crippen molar-refractivity contribution in [1.29, 1.82) is 0 Å². The third-order valence-corrected chi connectivity index (χ3v) is 9.97. The van der Waals surface area contributed by atoms with E-state index in [4.69, 9.17) is 0 Å². The number of allylic oxidation sites excluding steroid dienone is 4. The van der Waals surface area contributed by atoms with E-state index in [1.807, 2.05) is 0 Å². The van der Waals surface area contributed by atoms with Crippen LogP contribution < -0.4 is 15.9 Å². The number of rotatable bonds is 7. The second-order valence-electron chi connectivity index (χ2n) is 8.06. The van der Waals surface area contributed by atoms with Crippen LogP contribution in [0.4, 0.5) is 0 Å². The van der Waals surface area contributed by atoms with E-state index >= 15 is 0 Å². The van der Waals surface area contributed by atoms with Gasteiger partial charge in [-0.2, -0.15) is 0 Å². The van der Waals surface area contributed by atoms with Crippen LogP contribution in [-0.4, -0.2) is 5.66 Å². The first-order chi connectivity index (χ1) is 14.0. The fourth-order valence-electron chi connectivity index (χ4n) is 4.09. The SMILES string of the molecule is CC(C)=CC[C@H](C=C(C)C)[P+](c1ccccc1)(c1ccccc1)c1ccccc1. The summed E-state index contributed by atoms with van der Waals surface area (Å²) in [4.78, 5) is 0. The van der Waals surface area contributed by atoms with E-state index in [1.54, 1.807) is 0 Å². The summed E-state index contributed by atoms with van der Waals surface area (Å²) in [6.45, 7) is 8.86. The van der Waals surface area contributed by atoms with Gasteiger partial charge in [-0.05, 0) is 70.2 Å². The van der Waals surface area contributed by atoms with Crippen LogP contribution in [-0.2, 0) is 0 Å². The lowest BCUT2D eigenvalue weighted by atomic mass is 10.2. The van der Waals surface area contributed by atoms with Crippen LogP contribution in [0.15, 0.2) is 114 Å². The molecule has 0 aliphatic rings. The standard InChI is InChI=1S/C28H32P/c1-23(2)20-21-28(22-24(3)4)29(25-14-8-5-9-15-25,26-16-10-6-11-17-26)27-18-12-7-13-19-27/h5-20,22,28H,21H2,1-4H3/q+1/t28-/m1/s1. The molecule has 0 amide bonds. The van der Waals surface area contributed by atoms with Crippen molar-refractivity contribution in [3.8, 4) is 0 Å². The van der Waals surface area contributed by atoms with Crippen LogP contribution in [0.2, 0.25) is 0 Å². The molecule has 0 bridgehead atoms. The van der Waals surface area contributed by atoms with Gasteiger partial charge in [-0.25, -0.2) is 0 Å². The fourth-order valence-corrected chi connectivity index (χ4v) is 9.00. The highest BCUT2D eigenvalue weighted by atomic mass is 31.2. The Bertz CT molecular complexity index is 848. The first-order valence-corrected chi connectivity index (χ1v) is 12.2. The van der Waals surface area contributed by atoms with Crippen LogP contribution in [0.3, 0.4) is 0 Å². The van der Waals surface area contributed by atoms with Gasteiger partial charge in [-0.3, -0.25) is 0 Å². The molecule has 0 fully saturated rings. The highest BCUT2D eigenvalue weighted by Gasteiger charge is 2.50. The van der Waals surface area contributed by atoms with Crippen molar-refractivity contribution in [3.05, 3.63) is 114 Å². The average molecular weight is 400 g/mol. The molecule has 0 unspecified atom stereocenters. The van der Waals surface area contributed by atoms with E-state index in [1.165, 1.54) is 27.1 Å². The summed E-state index contributed by atoms with van der Waals surface area (Å²) in [5.41, 5.74) is 3.17. The van der Waals surface area contributed by atoms with E-state index in [-0.39, 0.29) is 0 Å². The van der Waals surface area contributed by atoms with E-state index in [0.29, 0.717) is 5.66 Å². The van der Waals surface area contributed by atoms with Crippen LogP contribution in [0, 0.1) is 0 Å². The van der Waals surface area contributed by atoms with Crippen molar-refractivity contribution in [2.45, 2.75) is 39.8 Å². The lowest BCUT2D eigenvalue weighted by Gasteiger charge is -2.33. The summed E-state index contributed by atoms with van der Waals surface area (Å²) in [5.74, 6) is 0. The molecular formula is C28H32P+. The molecule has 29 heavy (non-hydrogen) atoms. The molecule has 0 heterocycles. The van der Waals surface area contributed by atoms with Crippen LogP contribution in [0.1, 0.15) is 34.1 Å². The molecule has 3 aromatic carbocycles. The second-order valence-corrected chi connectivity index (χ2v) is 11.7. The van der Waals surface area contributed by atoms with Crippen LogP contribution in [0.25, 0.3) is 0 Å². The maximum atomic E-state index is 2.51. The molecule has 0 aromatic heterocycles. The third kappa shape index (κ3) is 4.77. The molecule has 3 aromatic rings. The van der Waals surface area contributed by atoms with Gasteiger partial charge in [-0.1, -0.05) is 71.8 Å². The molecule has 0 saturated heterocycles. The van der Waals surface area contributed by atoms with E-state index in [0.717, 1.165) is 6.42 Å². The van der Waals surface area contributed by atoms with E-state index < -0.39 is 7.26 Å². The van der Waals surface area contributed by atoms with Gasteiger partial charge >= 0.3 is 0 Å². The number of hydrogen-bond acceptors (Lipinski definition) is 0. The molecule has 148 valence electrons. The maximum Gasteiger partial charge on any atom is 0.119 e. The van der Waals surface area contributed by atoms with Gasteiger partial charge in [0.25, 0.3) is 0 Å². The number of benzene rings is 3. The summed E-state index contributed by atoms with van der Waals surface area (Å²) in [6.07, 6.45) is 5.97. The highest BCUT2D eigenvalue weighted by Crippen LogP contribution is 2.61. The van der Waals surface area contributed by atoms with E-state index in [9.17, 15) is 0 Å². The van der Waals surface area contributed by atoms with Gasteiger partial charge in [0.15, 0.2) is 0 Å². The Morgan fingerprint density at radius 3 is 1.31 bits per heavy atom. The zero-order valence-corrected chi connectivity index (χ0v) is 18.9. The molecule has 3 rings (SSSR count). The molecule has 0 N–H and O–H groups in total. The topological polar surface area (TPSA) is 0 Å². The van der Waals surface area contributed by atoms with Gasteiger partial charge in [0, 0.05) is 6.42 Å². The quantitative estimate of drug-likeness (QED) is 0.307. The first kappa shape index (κ1) is 21.3. The molecule has 0 nitrogen and oxygen atoms in total. The molecular weight excluding hydrogens is 367 g/mol. The van der Waals surface area contributed by atoms with Gasteiger partial charge in [-0.15, -0.1) is 0 Å². The van der Waals surface area contributed by atoms with E-state index in [2.05, 4.69) is 131 Å². The molecule has 1 heteroatoms. The predicted molar refractivity (Wildman–Crippen MR) is 132 cm³/mol. The van der Waals surface area contributed by atoms with Gasteiger partial charge in [0.05, 0.1) is 0 Å². The van der Waals surface area contributed by atoms with Gasteiger partial charge < -0.3 is 0 Å². The molecule has 0 aliphatic heterocycles. The Morgan fingerprint density at radius 2 is 1.00 bits per heavy atom. The van der Waals surface area contributed by atoms with Gasteiger partial charge in [0.2, 0.25) is 0 Å². The zero-order valence-electron chi connectivity index (χ0n) is 18.0. The van der Waals surface area contributed by atoms with Gasteiger partial charge in [0.1, 0.15) is 28.8 Å². The Morgan fingerprint density at radius 1 is 0.621 bits per heavy atom. The van der Waals surface area contributed by atoms with Crippen molar-refractivity contribution in [3.63, 3.8) is 0 Å². The lowest BCUT2D eigenvalue weighted by molar-refractivity contribution is 1.02. The minimum Gasteiger partial charge on any atom is -0.0816 e. The summed E-state index contributed by atoms with van der Waals surface area (Å²) in [7, 11) is -1.89. The summed E-state index contributed by atoms with van der Waals surface area (Å²) >= 11 is 0. The van der Waals surface area contributed by atoms with Crippen molar-refractivity contribution < 1.29 is 0 Å². The predicted octanol–water partition coefficient (Wildman–Crippen LogP) is 6.67. The van der Waals surface area contributed by atoms with Crippen molar-refractivity contribution in [2.24, 2.45) is 0 Å². The maximum absolute atomic E-state index is 2.51. The molecule has 0 saturated carbocycles. The Balaban J connectivity index is 2.40. The Kier molecular flexibility index (Phi) is 7.24. The fraction of sp³-hybridized carbons (Fsp3) is 0.214. The minimum absolute atomic E-state index is 0.412. The van der Waals surface area contributed by atoms with Crippen LogP contribution in [0.5, 0.6) is 0 Å². The lowest BCUT2D eigenvalue weighted by Crippen LogP contribution is -2.38. The smallest absolute Gasteiger partial charge is 0.0816 e. The normalized spacial score (nSPS) is 12.1. The molecule has 1 atom stereocenters. The summed E-state index contributed by atoms with van der Waals surface area (Å²) in [5, 5.41) is 4.34. The summed E-state index contributed by atoms with van der Waals surface area (Å²) in [6, 6.07) is 33.5. The van der Waals surface area contributed by atoms with Crippen molar-refractivity contribution in [1.82, 2.24) is 0 Å². The highest BCUT2D eigenvalue weighted by molar-refractivity contribution is 7.96. The Hall–Kier alpha value is -2.43. The Labute approximate surface area is 177 Å². The third-order valence-electron chi connectivity index (χ3n) is 5.28. The number of hydrogen-bond donors (Lipinski definition) is 0. The summed E-state index contributed by atoms with van der Waals surface area (Å²) < 4.78 is 0.